The van der Waals surface area contributed by atoms with Gasteiger partial charge in [0.15, 0.2) is 0 Å². The molecule has 1 heterocycles. The highest BCUT2D eigenvalue weighted by molar-refractivity contribution is 6.32. The fourth-order valence-corrected chi connectivity index (χ4v) is 3.63. The minimum atomic E-state index is -0.639. The maximum atomic E-state index is 13.1. The van der Waals surface area contributed by atoms with E-state index in [0.717, 1.165) is 44.1 Å². The lowest BCUT2D eigenvalue weighted by atomic mass is 10.1. The van der Waals surface area contributed by atoms with Gasteiger partial charge in [-0.15, -0.1) is 0 Å². The van der Waals surface area contributed by atoms with Crippen molar-refractivity contribution >= 4 is 40.5 Å². The van der Waals surface area contributed by atoms with Crippen LogP contribution in [0, 0.1) is 10.1 Å². The number of carbonyl (C=O) groups excluding carboxylic acids is 2. The van der Waals surface area contributed by atoms with Crippen LogP contribution in [0.2, 0.25) is 5.02 Å². The van der Waals surface area contributed by atoms with E-state index < -0.39 is 10.8 Å². The van der Waals surface area contributed by atoms with Crippen LogP contribution < -0.4 is 10.2 Å². The largest absolute Gasteiger partial charge is 0.377 e. The molecule has 1 aliphatic heterocycles. The van der Waals surface area contributed by atoms with E-state index >= 15 is 0 Å². The first-order chi connectivity index (χ1) is 14.3. The average molecular weight is 431 g/mol. The molecule has 1 saturated heterocycles. The molecule has 9 heteroatoms. The lowest BCUT2D eigenvalue weighted by Gasteiger charge is -2.28. The number of hydrogen-bond donors (Lipinski definition) is 1. The highest BCUT2D eigenvalue weighted by Crippen LogP contribution is 2.28. The molecule has 1 fully saturated rings. The molecule has 0 saturated carbocycles. The van der Waals surface area contributed by atoms with E-state index in [1.807, 2.05) is 23.9 Å². The van der Waals surface area contributed by atoms with Gasteiger partial charge in [-0.25, -0.2) is 0 Å². The molecule has 2 aromatic carbocycles. The summed E-state index contributed by atoms with van der Waals surface area (Å²) in [7, 11) is 3.71. The van der Waals surface area contributed by atoms with Crippen LogP contribution in [-0.4, -0.2) is 48.8 Å². The van der Waals surface area contributed by atoms with Crippen LogP contribution in [0.5, 0.6) is 0 Å². The fraction of sp³-hybridized carbons (Fsp3) is 0.333. The third-order valence-corrected chi connectivity index (χ3v) is 5.33. The van der Waals surface area contributed by atoms with Crippen LogP contribution in [0.15, 0.2) is 36.4 Å². The fourth-order valence-electron chi connectivity index (χ4n) is 3.44. The number of carbonyl (C=O) groups is 2. The maximum absolute atomic E-state index is 13.1. The molecule has 0 atom stereocenters. The second-order valence-electron chi connectivity index (χ2n) is 7.36. The number of nitro groups is 1. The van der Waals surface area contributed by atoms with Gasteiger partial charge in [0.2, 0.25) is 0 Å². The van der Waals surface area contributed by atoms with Crippen LogP contribution in [0.1, 0.15) is 40.0 Å². The van der Waals surface area contributed by atoms with Gasteiger partial charge in [0.25, 0.3) is 17.5 Å². The van der Waals surface area contributed by atoms with Crippen LogP contribution in [0.25, 0.3) is 0 Å². The summed E-state index contributed by atoms with van der Waals surface area (Å²) in [6.45, 7) is 1.44. The van der Waals surface area contributed by atoms with Gasteiger partial charge in [-0.2, -0.15) is 0 Å². The molecule has 158 valence electrons. The first-order valence-electron chi connectivity index (χ1n) is 9.64. The molecule has 0 aliphatic carbocycles. The predicted molar refractivity (Wildman–Crippen MR) is 117 cm³/mol. The Kier molecular flexibility index (Phi) is 6.56. The normalized spacial score (nSPS) is 13.6. The highest BCUT2D eigenvalue weighted by Gasteiger charge is 2.23. The summed E-state index contributed by atoms with van der Waals surface area (Å²) in [5.41, 5.74) is 1.45. The summed E-state index contributed by atoms with van der Waals surface area (Å²) in [6.07, 6.45) is 3.08. The number of benzene rings is 2. The number of rotatable bonds is 5. The van der Waals surface area contributed by atoms with Crippen molar-refractivity contribution in [2.75, 3.05) is 37.4 Å². The van der Waals surface area contributed by atoms with E-state index in [-0.39, 0.29) is 22.2 Å². The van der Waals surface area contributed by atoms with Crippen molar-refractivity contribution in [3.05, 3.63) is 62.7 Å². The van der Waals surface area contributed by atoms with Gasteiger partial charge < -0.3 is 15.1 Å². The van der Waals surface area contributed by atoms with Crippen molar-refractivity contribution < 1.29 is 14.5 Å². The third kappa shape index (κ3) is 4.71. The minimum absolute atomic E-state index is 0.0405. The lowest BCUT2D eigenvalue weighted by molar-refractivity contribution is -0.384. The van der Waals surface area contributed by atoms with Gasteiger partial charge in [-0.1, -0.05) is 11.6 Å². The number of halogens is 1. The van der Waals surface area contributed by atoms with Crippen molar-refractivity contribution in [1.29, 1.82) is 0 Å². The summed E-state index contributed by atoms with van der Waals surface area (Å²) in [5.74, 6) is -0.597. The van der Waals surface area contributed by atoms with Gasteiger partial charge >= 0.3 is 0 Å². The average Bonchev–Trinajstić information content (AvgIpc) is 2.73. The Balaban J connectivity index is 1.88. The topological polar surface area (TPSA) is 95.8 Å². The van der Waals surface area contributed by atoms with Crippen LogP contribution in [0.4, 0.5) is 17.1 Å². The summed E-state index contributed by atoms with van der Waals surface area (Å²) < 4.78 is 0. The highest BCUT2D eigenvalue weighted by atomic mass is 35.5. The van der Waals surface area contributed by atoms with Gasteiger partial charge in [0.1, 0.15) is 5.02 Å². The van der Waals surface area contributed by atoms with Crippen molar-refractivity contribution in [2.24, 2.45) is 0 Å². The number of piperidine rings is 1. The van der Waals surface area contributed by atoms with Crippen LogP contribution >= 0.6 is 11.6 Å². The van der Waals surface area contributed by atoms with E-state index in [4.69, 9.17) is 11.6 Å². The number of nitro benzene ring substituents is 1. The Hall–Kier alpha value is -3.13. The quantitative estimate of drug-likeness (QED) is 0.566. The first-order valence-corrected chi connectivity index (χ1v) is 10.0. The zero-order chi connectivity index (χ0) is 21.8. The Morgan fingerprint density at radius 2 is 1.80 bits per heavy atom. The second kappa shape index (κ2) is 9.13. The summed E-state index contributed by atoms with van der Waals surface area (Å²) in [6, 6.07) is 8.98. The molecule has 8 nitrogen and oxygen atoms in total. The number of nitrogens with one attached hydrogen (secondary N) is 1. The van der Waals surface area contributed by atoms with Crippen molar-refractivity contribution in [3.8, 4) is 0 Å². The lowest BCUT2D eigenvalue weighted by Crippen LogP contribution is -2.36. The Morgan fingerprint density at radius 1 is 1.10 bits per heavy atom. The van der Waals surface area contributed by atoms with Crippen LogP contribution in [-0.2, 0) is 0 Å². The molecule has 0 unspecified atom stereocenters. The molecular weight excluding hydrogens is 408 g/mol. The molecule has 0 bridgehead atoms. The third-order valence-electron chi connectivity index (χ3n) is 5.01. The molecule has 0 aromatic heterocycles. The summed E-state index contributed by atoms with van der Waals surface area (Å²) in [5, 5.41) is 13.7. The van der Waals surface area contributed by atoms with Crippen molar-refractivity contribution in [1.82, 2.24) is 4.90 Å². The van der Waals surface area contributed by atoms with Crippen molar-refractivity contribution in [3.63, 3.8) is 0 Å². The number of nitrogens with zero attached hydrogens (tertiary/aromatic N) is 3. The van der Waals surface area contributed by atoms with E-state index in [1.54, 1.807) is 18.2 Å². The standard InChI is InChI=1S/C21H23ClN4O4/c1-24(2)18-9-7-15(13-16(18)21(28)25-10-4-3-5-11-25)23-20(27)14-6-8-17(22)19(12-14)26(29)30/h6-9,12-13H,3-5,10-11H2,1-2H3,(H,23,27). The predicted octanol–water partition coefficient (Wildman–Crippen LogP) is 4.19. The van der Waals surface area contributed by atoms with Gasteiger partial charge in [-0.05, 0) is 49.6 Å². The zero-order valence-corrected chi connectivity index (χ0v) is 17.6. The molecule has 0 radical (unpaired) electrons. The monoisotopic (exact) mass is 430 g/mol. The summed E-state index contributed by atoms with van der Waals surface area (Å²) in [4.78, 5) is 39.8. The molecule has 3 rings (SSSR count). The molecular formula is C21H23ClN4O4. The minimum Gasteiger partial charge on any atom is -0.377 e. The first kappa shape index (κ1) is 21.6. The molecule has 1 aliphatic rings. The molecule has 1 N–H and O–H groups in total. The molecule has 0 spiro atoms. The number of likely N-dealkylation sites (tertiary alicyclic amines) is 1. The molecule has 2 amide bonds. The van der Waals surface area contributed by atoms with Gasteiger partial charge in [0, 0.05) is 50.2 Å². The molecule has 30 heavy (non-hydrogen) atoms. The second-order valence-corrected chi connectivity index (χ2v) is 7.76. The van der Waals surface area contributed by atoms with E-state index in [9.17, 15) is 19.7 Å². The number of hydrogen-bond acceptors (Lipinski definition) is 5. The van der Waals surface area contributed by atoms with Gasteiger partial charge in [-0.3, -0.25) is 19.7 Å². The van der Waals surface area contributed by atoms with Crippen molar-refractivity contribution in [2.45, 2.75) is 19.3 Å². The van der Waals surface area contributed by atoms with E-state index in [0.29, 0.717) is 11.3 Å². The van der Waals surface area contributed by atoms with Gasteiger partial charge in [0.05, 0.1) is 10.5 Å². The van der Waals surface area contributed by atoms with E-state index in [1.165, 1.54) is 12.1 Å². The summed E-state index contributed by atoms with van der Waals surface area (Å²) >= 11 is 5.81. The number of amides is 2. The number of anilines is 2. The SMILES string of the molecule is CN(C)c1ccc(NC(=O)c2ccc(Cl)c([N+](=O)[O-])c2)cc1C(=O)N1CCCCC1. The Bertz CT molecular complexity index is 987. The Labute approximate surface area is 179 Å². The Morgan fingerprint density at radius 3 is 2.43 bits per heavy atom. The smallest absolute Gasteiger partial charge is 0.288 e. The maximum Gasteiger partial charge on any atom is 0.288 e. The van der Waals surface area contributed by atoms with Crippen LogP contribution in [0.3, 0.4) is 0 Å². The van der Waals surface area contributed by atoms with E-state index in [2.05, 4.69) is 5.32 Å². The molecule has 2 aromatic rings. The zero-order valence-electron chi connectivity index (χ0n) is 16.9.